The molecule has 1 aromatic rings. The molecule has 5 atom stereocenters. The Hall–Kier alpha value is -3.18. The SMILES string of the molecule is CCOCCN1C(=O)C(C)(C)Oc2ccc(N(C(=O)[C@@H]3C[C@H](C(=O)C4CC[C@H]4C(COC)CC(C)C)CN(C(=O)OC(C)(C)C)C3)C3CC3)cc21. The van der Waals surface area contributed by atoms with Crippen LogP contribution < -0.4 is 14.5 Å². The van der Waals surface area contributed by atoms with Gasteiger partial charge in [-0.25, -0.2) is 4.79 Å². The van der Waals surface area contributed by atoms with E-state index in [4.69, 9.17) is 18.9 Å². The third-order valence-corrected chi connectivity index (χ3v) is 10.8. The minimum absolute atomic E-state index is 0.00280. The zero-order valence-corrected chi connectivity index (χ0v) is 32.4. The van der Waals surface area contributed by atoms with E-state index in [1.807, 2.05) is 50.8 Å². The number of ketones is 1. The van der Waals surface area contributed by atoms with Crippen LogP contribution in [0.15, 0.2) is 18.2 Å². The molecule has 2 aliphatic carbocycles. The molecule has 51 heavy (non-hydrogen) atoms. The van der Waals surface area contributed by atoms with E-state index in [1.54, 1.807) is 30.8 Å². The van der Waals surface area contributed by atoms with E-state index in [-0.39, 0.29) is 48.6 Å². The maximum absolute atomic E-state index is 14.7. The Labute approximate surface area is 304 Å². The van der Waals surface area contributed by atoms with Crippen LogP contribution in [0.25, 0.3) is 0 Å². The smallest absolute Gasteiger partial charge is 0.410 e. The van der Waals surface area contributed by atoms with E-state index in [1.165, 1.54) is 0 Å². The summed E-state index contributed by atoms with van der Waals surface area (Å²) in [5.74, 6) is 0.295. The van der Waals surface area contributed by atoms with Gasteiger partial charge in [-0.3, -0.25) is 14.4 Å². The Morgan fingerprint density at radius 3 is 2.35 bits per heavy atom. The number of likely N-dealkylation sites (tertiary alicyclic amines) is 1. The number of benzene rings is 1. The first kappa shape index (κ1) is 39.0. The van der Waals surface area contributed by atoms with Gasteiger partial charge in [0.2, 0.25) is 5.91 Å². The quantitative estimate of drug-likeness (QED) is 0.201. The summed E-state index contributed by atoms with van der Waals surface area (Å²) < 4.78 is 23.1. The zero-order chi connectivity index (χ0) is 37.2. The molecule has 1 aromatic carbocycles. The van der Waals surface area contributed by atoms with Crippen molar-refractivity contribution in [3.05, 3.63) is 18.2 Å². The number of fused-ring (bicyclic) bond motifs is 1. The fraction of sp³-hybridized carbons (Fsp3) is 0.750. The maximum Gasteiger partial charge on any atom is 0.410 e. The number of hydrogen-bond acceptors (Lipinski definition) is 8. The molecule has 11 nitrogen and oxygen atoms in total. The highest BCUT2D eigenvalue weighted by molar-refractivity contribution is 6.04. The number of anilines is 2. The van der Waals surface area contributed by atoms with Crippen LogP contribution >= 0.6 is 0 Å². The molecule has 0 N–H and O–H groups in total. The van der Waals surface area contributed by atoms with Crippen molar-refractivity contribution < 1.29 is 38.1 Å². The van der Waals surface area contributed by atoms with Crippen molar-refractivity contribution in [3.63, 3.8) is 0 Å². The van der Waals surface area contributed by atoms with Gasteiger partial charge in [-0.2, -0.15) is 0 Å². The Morgan fingerprint density at radius 1 is 1.06 bits per heavy atom. The Bertz CT molecular complexity index is 1430. The van der Waals surface area contributed by atoms with Crippen molar-refractivity contribution in [1.82, 2.24) is 4.90 Å². The van der Waals surface area contributed by atoms with Gasteiger partial charge in [-0.05, 0) is 116 Å². The lowest BCUT2D eigenvalue weighted by Crippen LogP contribution is -2.54. The monoisotopic (exact) mass is 711 g/mol. The predicted octanol–water partition coefficient (Wildman–Crippen LogP) is 6.50. The largest absolute Gasteiger partial charge is 0.476 e. The van der Waals surface area contributed by atoms with Crippen molar-refractivity contribution in [2.45, 2.75) is 111 Å². The molecule has 2 heterocycles. The van der Waals surface area contributed by atoms with Gasteiger partial charge in [-0.1, -0.05) is 13.8 Å². The highest BCUT2D eigenvalue weighted by atomic mass is 16.6. The standard InChI is InChI=1S/C40H61N3O8/c1-10-49-18-17-42-33-21-30(13-16-34(33)50-40(7,8)37(42)46)43(29-11-12-29)36(45)27-20-26(22-41(23-27)38(47)51-39(4,5)6)35(44)32-15-14-31(32)28(24-48-9)19-25(2)3/h13,16,21,25-29,31-32H,10-12,14-15,17-20,22-24H2,1-9H3/t26-,27+,28?,31-,32?/m0/s1. The molecule has 0 aromatic heterocycles. The number of amides is 3. The molecule has 1 saturated heterocycles. The predicted molar refractivity (Wildman–Crippen MR) is 196 cm³/mol. The number of rotatable bonds is 14. The first-order chi connectivity index (χ1) is 24.0. The Kier molecular flexibility index (Phi) is 12.1. The van der Waals surface area contributed by atoms with E-state index in [0.29, 0.717) is 61.7 Å². The first-order valence-corrected chi connectivity index (χ1v) is 19.1. The maximum atomic E-state index is 14.7. The molecule has 3 amide bonds. The van der Waals surface area contributed by atoms with Crippen LogP contribution in [0.1, 0.15) is 93.9 Å². The summed E-state index contributed by atoms with van der Waals surface area (Å²) in [5.41, 5.74) is -0.488. The molecule has 0 spiro atoms. The van der Waals surface area contributed by atoms with Crippen LogP contribution in [0, 0.1) is 35.5 Å². The van der Waals surface area contributed by atoms with Crippen molar-refractivity contribution in [3.8, 4) is 5.75 Å². The normalized spacial score (nSPS) is 25.1. The number of nitrogens with zero attached hydrogens (tertiary/aromatic N) is 3. The Balaban J connectivity index is 1.43. The summed E-state index contributed by atoms with van der Waals surface area (Å²) >= 11 is 0. The third kappa shape index (κ3) is 9.07. The van der Waals surface area contributed by atoms with Gasteiger partial charge in [0.15, 0.2) is 5.60 Å². The molecule has 5 rings (SSSR count). The van der Waals surface area contributed by atoms with Crippen molar-refractivity contribution in [1.29, 1.82) is 0 Å². The molecule has 11 heteroatoms. The van der Waals surface area contributed by atoms with Gasteiger partial charge >= 0.3 is 6.09 Å². The second-order valence-electron chi connectivity index (χ2n) is 17.0. The number of carbonyl (C=O) groups excluding carboxylic acids is 4. The zero-order valence-electron chi connectivity index (χ0n) is 32.4. The van der Waals surface area contributed by atoms with Crippen LogP contribution in [0.5, 0.6) is 5.75 Å². The molecule has 284 valence electrons. The average Bonchev–Trinajstić information content (AvgIpc) is 3.86. The van der Waals surface area contributed by atoms with Gasteiger partial charge in [0.25, 0.3) is 5.91 Å². The van der Waals surface area contributed by atoms with Gasteiger partial charge in [0.05, 0.1) is 18.2 Å². The summed E-state index contributed by atoms with van der Waals surface area (Å²) in [7, 11) is 1.72. The molecule has 2 unspecified atom stereocenters. The van der Waals surface area contributed by atoms with Crippen LogP contribution in [-0.4, -0.2) is 92.4 Å². The lowest BCUT2D eigenvalue weighted by atomic mass is 9.61. The highest BCUT2D eigenvalue weighted by Gasteiger charge is 2.49. The minimum atomic E-state index is -1.04. The summed E-state index contributed by atoms with van der Waals surface area (Å²) in [4.78, 5) is 61.3. The topological polar surface area (TPSA) is 115 Å². The van der Waals surface area contributed by atoms with E-state index in [9.17, 15) is 19.2 Å². The van der Waals surface area contributed by atoms with E-state index >= 15 is 0 Å². The van der Waals surface area contributed by atoms with E-state index < -0.39 is 29.1 Å². The highest BCUT2D eigenvalue weighted by Crippen LogP contribution is 2.46. The van der Waals surface area contributed by atoms with E-state index in [2.05, 4.69) is 13.8 Å². The van der Waals surface area contributed by atoms with Crippen LogP contribution in [0.2, 0.25) is 0 Å². The molecule has 2 aliphatic heterocycles. The first-order valence-electron chi connectivity index (χ1n) is 19.1. The van der Waals surface area contributed by atoms with Gasteiger partial charge < -0.3 is 33.6 Å². The number of methoxy groups -OCH3 is 1. The summed E-state index contributed by atoms with van der Waals surface area (Å²) in [6, 6.07) is 5.57. The molecule has 0 bridgehead atoms. The lowest BCUT2D eigenvalue weighted by molar-refractivity contribution is -0.138. The second kappa shape index (κ2) is 15.8. The fourth-order valence-electron chi connectivity index (χ4n) is 8.17. The van der Waals surface area contributed by atoms with Gasteiger partial charge in [-0.15, -0.1) is 0 Å². The average molecular weight is 712 g/mol. The number of hydrogen-bond donors (Lipinski definition) is 0. The molecule has 4 aliphatic rings. The summed E-state index contributed by atoms with van der Waals surface area (Å²) in [6.07, 6.45) is 4.38. The summed E-state index contributed by atoms with van der Waals surface area (Å²) in [5, 5.41) is 0. The second-order valence-corrected chi connectivity index (χ2v) is 17.0. The number of carbonyl (C=O) groups is 4. The van der Waals surface area contributed by atoms with Crippen LogP contribution in [0.4, 0.5) is 16.2 Å². The number of Topliss-reactive ketones (excluding diaryl/α,β-unsaturated/α-hetero) is 1. The van der Waals surface area contributed by atoms with E-state index in [0.717, 1.165) is 32.1 Å². The van der Waals surface area contributed by atoms with Crippen molar-refractivity contribution >= 4 is 35.1 Å². The Morgan fingerprint density at radius 2 is 1.76 bits per heavy atom. The van der Waals surface area contributed by atoms with Gasteiger partial charge in [0, 0.05) is 63.5 Å². The van der Waals surface area contributed by atoms with Crippen molar-refractivity contribution in [2.75, 3.05) is 56.4 Å². The van der Waals surface area contributed by atoms with Gasteiger partial charge in [0.1, 0.15) is 17.1 Å². The third-order valence-electron chi connectivity index (χ3n) is 10.8. The van der Waals surface area contributed by atoms with Crippen LogP contribution in [0.3, 0.4) is 0 Å². The molecule has 3 fully saturated rings. The number of piperidine rings is 1. The molecular weight excluding hydrogens is 650 g/mol. The molecule has 2 saturated carbocycles. The summed E-state index contributed by atoms with van der Waals surface area (Å²) in [6.45, 7) is 17.6. The molecular formula is C40H61N3O8. The molecule has 0 radical (unpaired) electrons. The number of ether oxygens (including phenoxy) is 4. The van der Waals surface area contributed by atoms with Crippen molar-refractivity contribution in [2.24, 2.45) is 35.5 Å². The minimum Gasteiger partial charge on any atom is -0.476 e. The van der Waals surface area contributed by atoms with Crippen LogP contribution in [-0.2, 0) is 28.6 Å². The fourth-order valence-corrected chi connectivity index (χ4v) is 8.17. The lowest BCUT2D eigenvalue weighted by Gasteiger charge is -2.45.